The maximum atomic E-state index is 12.8. The lowest BCUT2D eigenvalue weighted by Crippen LogP contribution is -2.60. The van der Waals surface area contributed by atoms with Crippen LogP contribution in [0, 0.1) is 0 Å². The number of hydrogen-bond acceptors (Lipinski definition) is 3. The number of anilines is 1. The Bertz CT molecular complexity index is 954. The third-order valence-electron chi connectivity index (χ3n) is 5.93. The molecular formula is C24H27N3O3. The molecule has 0 aliphatic carbocycles. The second-order valence-electron chi connectivity index (χ2n) is 8.00. The first-order valence-electron chi connectivity index (χ1n) is 10.6. The molecule has 2 saturated heterocycles. The topological polar surface area (TPSA) is 69.7 Å². The Hall–Kier alpha value is -3.15. The van der Waals surface area contributed by atoms with Crippen molar-refractivity contribution in [3.05, 3.63) is 65.2 Å². The van der Waals surface area contributed by atoms with Crippen LogP contribution in [0.5, 0.6) is 0 Å². The molecule has 1 atom stereocenters. The highest BCUT2D eigenvalue weighted by atomic mass is 16.2. The summed E-state index contributed by atoms with van der Waals surface area (Å²) in [5.74, 6) is -0.103. The third-order valence-corrected chi connectivity index (χ3v) is 5.93. The maximum absolute atomic E-state index is 12.8. The molecule has 2 aromatic carbocycles. The van der Waals surface area contributed by atoms with E-state index in [1.54, 1.807) is 21.9 Å². The Balaban J connectivity index is 1.40. The second kappa shape index (κ2) is 8.69. The van der Waals surface area contributed by atoms with Crippen LogP contribution in [0.4, 0.5) is 5.69 Å². The van der Waals surface area contributed by atoms with Crippen LogP contribution in [-0.4, -0.2) is 46.7 Å². The molecular weight excluding hydrogens is 378 g/mol. The van der Waals surface area contributed by atoms with Crippen molar-refractivity contribution in [3.63, 3.8) is 0 Å². The molecule has 0 unspecified atom stereocenters. The van der Waals surface area contributed by atoms with E-state index in [1.807, 2.05) is 36.4 Å². The SMILES string of the molecule is CCc1cccc(NC(=O)c2ccc(CN3CC(=O)N4CCCC[C@H]4C3=O)cc2)c1. The van der Waals surface area contributed by atoms with Crippen molar-refractivity contribution < 1.29 is 14.4 Å². The van der Waals surface area contributed by atoms with Gasteiger partial charge in [-0.05, 0) is 61.1 Å². The summed E-state index contributed by atoms with van der Waals surface area (Å²) in [4.78, 5) is 41.1. The minimum absolute atomic E-state index is 0.0320. The number of piperidine rings is 1. The van der Waals surface area contributed by atoms with Crippen LogP contribution < -0.4 is 5.32 Å². The van der Waals surface area contributed by atoms with Crippen LogP contribution in [0.3, 0.4) is 0 Å². The highest BCUT2D eigenvalue weighted by molar-refractivity contribution is 6.04. The molecule has 4 rings (SSSR count). The molecule has 30 heavy (non-hydrogen) atoms. The normalized spacial score (nSPS) is 18.9. The summed E-state index contributed by atoms with van der Waals surface area (Å²) >= 11 is 0. The van der Waals surface area contributed by atoms with E-state index in [4.69, 9.17) is 0 Å². The average molecular weight is 405 g/mol. The van der Waals surface area contributed by atoms with E-state index < -0.39 is 0 Å². The Morgan fingerprint density at radius 3 is 2.63 bits per heavy atom. The molecule has 1 N–H and O–H groups in total. The molecule has 156 valence electrons. The number of piperazine rings is 1. The van der Waals surface area contributed by atoms with Crippen molar-refractivity contribution in [2.45, 2.75) is 45.2 Å². The molecule has 0 radical (unpaired) electrons. The largest absolute Gasteiger partial charge is 0.329 e. The van der Waals surface area contributed by atoms with Crippen LogP contribution in [0.1, 0.15) is 47.7 Å². The molecule has 2 aliphatic rings. The summed E-state index contributed by atoms with van der Waals surface area (Å²) in [6.45, 7) is 3.28. The van der Waals surface area contributed by atoms with Gasteiger partial charge in [0, 0.05) is 24.3 Å². The van der Waals surface area contributed by atoms with E-state index in [0.29, 0.717) is 18.7 Å². The number of carbonyl (C=O) groups is 3. The standard InChI is InChI=1S/C24H27N3O3/c1-2-17-6-5-7-20(14-17)25-23(29)19-11-9-18(10-12-19)15-26-16-22(28)27-13-4-3-8-21(27)24(26)30/h5-7,9-12,14,21H,2-4,8,13,15-16H2,1H3,(H,25,29)/t21-/m0/s1. The Morgan fingerprint density at radius 2 is 1.87 bits per heavy atom. The van der Waals surface area contributed by atoms with Gasteiger partial charge in [-0.25, -0.2) is 0 Å². The van der Waals surface area contributed by atoms with Gasteiger partial charge in [0.2, 0.25) is 11.8 Å². The monoisotopic (exact) mass is 405 g/mol. The fourth-order valence-electron chi connectivity index (χ4n) is 4.22. The van der Waals surface area contributed by atoms with Crippen LogP contribution >= 0.6 is 0 Å². The lowest BCUT2D eigenvalue weighted by atomic mass is 9.98. The minimum Gasteiger partial charge on any atom is -0.329 e. The molecule has 2 fully saturated rings. The van der Waals surface area contributed by atoms with Crippen LogP contribution in [-0.2, 0) is 22.6 Å². The quantitative estimate of drug-likeness (QED) is 0.830. The molecule has 2 aliphatic heterocycles. The number of rotatable bonds is 5. The summed E-state index contributed by atoms with van der Waals surface area (Å²) < 4.78 is 0. The first-order valence-corrected chi connectivity index (χ1v) is 10.6. The van der Waals surface area contributed by atoms with Gasteiger partial charge in [0.15, 0.2) is 0 Å². The Morgan fingerprint density at radius 1 is 1.07 bits per heavy atom. The lowest BCUT2D eigenvalue weighted by Gasteiger charge is -2.42. The average Bonchev–Trinajstić information content (AvgIpc) is 2.78. The summed E-state index contributed by atoms with van der Waals surface area (Å²) in [5, 5.41) is 2.92. The highest BCUT2D eigenvalue weighted by Gasteiger charge is 2.40. The van der Waals surface area contributed by atoms with E-state index in [9.17, 15) is 14.4 Å². The first-order chi connectivity index (χ1) is 14.5. The molecule has 0 bridgehead atoms. The zero-order valence-electron chi connectivity index (χ0n) is 17.3. The predicted molar refractivity (Wildman–Crippen MR) is 115 cm³/mol. The molecule has 6 heteroatoms. The zero-order chi connectivity index (χ0) is 21.1. The van der Waals surface area contributed by atoms with Crippen molar-refractivity contribution in [3.8, 4) is 0 Å². The van der Waals surface area contributed by atoms with Crippen molar-refractivity contribution in [2.24, 2.45) is 0 Å². The van der Waals surface area contributed by atoms with Crippen molar-refractivity contribution in [2.75, 3.05) is 18.4 Å². The number of benzene rings is 2. The van der Waals surface area contributed by atoms with Gasteiger partial charge in [-0.3, -0.25) is 14.4 Å². The van der Waals surface area contributed by atoms with Crippen LogP contribution in [0.25, 0.3) is 0 Å². The number of aryl methyl sites for hydroxylation is 1. The molecule has 2 aromatic rings. The van der Waals surface area contributed by atoms with E-state index in [1.165, 1.54) is 5.56 Å². The van der Waals surface area contributed by atoms with Crippen LogP contribution in [0.2, 0.25) is 0 Å². The lowest BCUT2D eigenvalue weighted by molar-refractivity contribution is -0.158. The van der Waals surface area contributed by atoms with Crippen molar-refractivity contribution in [1.29, 1.82) is 0 Å². The van der Waals surface area contributed by atoms with Gasteiger partial charge in [-0.15, -0.1) is 0 Å². The van der Waals surface area contributed by atoms with E-state index in [0.717, 1.165) is 36.9 Å². The van der Waals surface area contributed by atoms with Gasteiger partial charge in [-0.2, -0.15) is 0 Å². The molecule has 3 amide bonds. The first kappa shape index (κ1) is 20.1. The van der Waals surface area contributed by atoms with Gasteiger partial charge in [-0.1, -0.05) is 31.2 Å². The molecule has 0 spiro atoms. The fourth-order valence-corrected chi connectivity index (χ4v) is 4.22. The number of amides is 3. The summed E-state index contributed by atoms with van der Waals surface area (Å²) in [6, 6.07) is 14.7. The third kappa shape index (κ3) is 4.22. The van der Waals surface area contributed by atoms with Gasteiger partial charge in [0.25, 0.3) is 5.91 Å². The summed E-state index contributed by atoms with van der Waals surface area (Å²) in [5.41, 5.74) is 3.41. The molecule has 2 heterocycles. The fraction of sp³-hybridized carbons (Fsp3) is 0.375. The Kier molecular flexibility index (Phi) is 5.84. The number of nitrogens with one attached hydrogen (secondary N) is 1. The zero-order valence-corrected chi connectivity index (χ0v) is 17.3. The van der Waals surface area contributed by atoms with Crippen molar-refractivity contribution in [1.82, 2.24) is 9.80 Å². The Labute approximate surface area is 176 Å². The second-order valence-corrected chi connectivity index (χ2v) is 8.00. The predicted octanol–water partition coefficient (Wildman–Crippen LogP) is 3.22. The smallest absolute Gasteiger partial charge is 0.255 e. The van der Waals surface area contributed by atoms with E-state index in [2.05, 4.69) is 12.2 Å². The van der Waals surface area contributed by atoms with Gasteiger partial charge < -0.3 is 15.1 Å². The number of nitrogens with zero attached hydrogens (tertiary/aromatic N) is 2. The molecule has 0 saturated carbocycles. The number of carbonyl (C=O) groups excluding carboxylic acids is 3. The number of hydrogen-bond donors (Lipinski definition) is 1. The molecule has 6 nitrogen and oxygen atoms in total. The maximum Gasteiger partial charge on any atom is 0.255 e. The van der Waals surface area contributed by atoms with Gasteiger partial charge in [0.05, 0.1) is 0 Å². The number of fused-ring (bicyclic) bond motifs is 1. The summed E-state index contributed by atoms with van der Waals surface area (Å²) in [6.07, 6.45) is 3.62. The molecule has 0 aromatic heterocycles. The van der Waals surface area contributed by atoms with Gasteiger partial charge in [0.1, 0.15) is 12.6 Å². The summed E-state index contributed by atoms with van der Waals surface area (Å²) in [7, 11) is 0. The van der Waals surface area contributed by atoms with E-state index >= 15 is 0 Å². The van der Waals surface area contributed by atoms with Gasteiger partial charge >= 0.3 is 0 Å². The van der Waals surface area contributed by atoms with E-state index in [-0.39, 0.29) is 30.3 Å². The minimum atomic E-state index is -0.302. The van der Waals surface area contributed by atoms with Crippen LogP contribution in [0.15, 0.2) is 48.5 Å². The highest BCUT2D eigenvalue weighted by Crippen LogP contribution is 2.24. The van der Waals surface area contributed by atoms with Crippen molar-refractivity contribution >= 4 is 23.4 Å².